The average molecular weight is 313 g/mol. The molecular weight excluding hydrogens is 290 g/mol. The smallest absolute Gasteiger partial charge is 0.272 e. The molecule has 1 aromatic carbocycles. The summed E-state index contributed by atoms with van der Waals surface area (Å²) in [6.07, 6.45) is 0.770. The minimum atomic E-state index is -0.133. The summed E-state index contributed by atoms with van der Waals surface area (Å²) in [5.41, 5.74) is 3.67. The van der Waals surface area contributed by atoms with Crippen LogP contribution in [-0.2, 0) is 7.05 Å². The van der Waals surface area contributed by atoms with Gasteiger partial charge in [0, 0.05) is 24.7 Å². The summed E-state index contributed by atoms with van der Waals surface area (Å²) in [7, 11) is 1.87. The molecule has 1 amide bonds. The molecule has 0 saturated carbocycles. The Kier molecular flexibility index (Phi) is 4.11. The summed E-state index contributed by atoms with van der Waals surface area (Å²) >= 11 is 0. The number of carbonyl (C=O) groups excluding carboxylic acids is 1. The molecule has 1 atom stereocenters. The summed E-state index contributed by atoms with van der Waals surface area (Å²) in [6.45, 7) is 6.82. The minimum Gasteiger partial charge on any atom is -0.493 e. The van der Waals surface area contributed by atoms with Crippen LogP contribution in [0.3, 0.4) is 0 Å². The van der Waals surface area contributed by atoms with Crippen LogP contribution in [-0.4, -0.2) is 22.3 Å². The van der Waals surface area contributed by atoms with Gasteiger partial charge in [0.05, 0.1) is 12.6 Å². The zero-order valence-corrected chi connectivity index (χ0v) is 14.1. The van der Waals surface area contributed by atoms with E-state index in [9.17, 15) is 4.79 Å². The number of carbonyl (C=O) groups is 1. The lowest BCUT2D eigenvalue weighted by Gasteiger charge is -2.27. The lowest BCUT2D eigenvalue weighted by molar-refractivity contribution is 0.0919. The van der Waals surface area contributed by atoms with Crippen LogP contribution < -0.4 is 10.1 Å². The van der Waals surface area contributed by atoms with Crippen molar-refractivity contribution in [1.29, 1.82) is 0 Å². The Labute approximate surface area is 136 Å². The van der Waals surface area contributed by atoms with Crippen molar-refractivity contribution >= 4 is 5.91 Å². The van der Waals surface area contributed by atoms with Gasteiger partial charge in [-0.2, -0.15) is 5.10 Å². The summed E-state index contributed by atoms with van der Waals surface area (Å²) < 4.78 is 7.53. The van der Waals surface area contributed by atoms with Crippen molar-refractivity contribution in [2.75, 3.05) is 6.61 Å². The van der Waals surface area contributed by atoms with Gasteiger partial charge in [-0.3, -0.25) is 9.48 Å². The van der Waals surface area contributed by atoms with Gasteiger partial charge in [-0.05, 0) is 24.5 Å². The van der Waals surface area contributed by atoms with Gasteiger partial charge in [-0.1, -0.05) is 32.0 Å². The van der Waals surface area contributed by atoms with E-state index in [1.54, 1.807) is 4.68 Å². The van der Waals surface area contributed by atoms with Gasteiger partial charge in [0.1, 0.15) is 11.4 Å². The molecule has 0 radical (unpaired) electrons. The highest BCUT2D eigenvalue weighted by Gasteiger charge is 2.25. The highest BCUT2D eigenvalue weighted by atomic mass is 16.5. The number of para-hydroxylation sites is 1. The summed E-state index contributed by atoms with van der Waals surface area (Å²) in [4.78, 5) is 12.6. The zero-order chi connectivity index (χ0) is 16.6. The molecular formula is C18H23N3O2. The number of rotatable bonds is 3. The molecule has 0 saturated heterocycles. The van der Waals surface area contributed by atoms with Gasteiger partial charge >= 0.3 is 0 Å². The maximum atomic E-state index is 12.6. The quantitative estimate of drug-likeness (QED) is 0.947. The second kappa shape index (κ2) is 6.07. The SMILES string of the molecule is Cc1cccc2c1OCC[C@H]2NC(=O)c1cc(C(C)C)n(C)n1. The fraction of sp³-hybridized carbons (Fsp3) is 0.444. The lowest BCUT2D eigenvalue weighted by atomic mass is 9.98. The Morgan fingerprint density at radius 1 is 1.43 bits per heavy atom. The summed E-state index contributed by atoms with van der Waals surface area (Å²) in [5, 5.41) is 7.45. The van der Waals surface area contributed by atoms with Gasteiger partial charge in [0.2, 0.25) is 0 Å². The molecule has 0 unspecified atom stereocenters. The average Bonchev–Trinajstić information content (AvgIpc) is 2.91. The highest BCUT2D eigenvalue weighted by Crippen LogP contribution is 2.34. The third kappa shape index (κ3) is 2.96. The number of aromatic nitrogens is 2. The molecule has 23 heavy (non-hydrogen) atoms. The fourth-order valence-electron chi connectivity index (χ4n) is 3.10. The van der Waals surface area contributed by atoms with Crippen molar-refractivity contribution in [3.63, 3.8) is 0 Å². The molecule has 1 aliphatic heterocycles. The molecule has 3 rings (SSSR count). The Balaban J connectivity index is 1.82. The zero-order valence-electron chi connectivity index (χ0n) is 14.1. The predicted octanol–water partition coefficient (Wildman–Crippen LogP) is 3.11. The van der Waals surface area contributed by atoms with Crippen LogP contribution in [0.1, 0.15) is 59.5 Å². The topological polar surface area (TPSA) is 56.1 Å². The van der Waals surface area contributed by atoms with E-state index in [0.29, 0.717) is 18.2 Å². The molecule has 2 aromatic rings. The van der Waals surface area contributed by atoms with Crippen molar-refractivity contribution in [2.45, 2.75) is 39.2 Å². The summed E-state index contributed by atoms with van der Waals surface area (Å²) in [6, 6.07) is 7.88. The first-order chi connectivity index (χ1) is 11.0. The number of nitrogens with one attached hydrogen (secondary N) is 1. The van der Waals surface area contributed by atoms with Crippen LogP contribution in [0.2, 0.25) is 0 Å². The van der Waals surface area contributed by atoms with E-state index in [4.69, 9.17) is 4.74 Å². The predicted molar refractivity (Wildman–Crippen MR) is 88.8 cm³/mol. The Morgan fingerprint density at radius 3 is 2.91 bits per heavy atom. The lowest BCUT2D eigenvalue weighted by Crippen LogP contribution is -2.32. The van der Waals surface area contributed by atoms with E-state index in [0.717, 1.165) is 29.0 Å². The Hall–Kier alpha value is -2.30. The minimum absolute atomic E-state index is 0.0318. The fourth-order valence-corrected chi connectivity index (χ4v) is 3.10. The molecule has 1 aromatic heterocycles. The number of ether oxygens (including phenoxy) is 1. The standard InChI is InChI=1S/C18H23N3O2/c1-11(2)16-10-15(20-21(16)4)18(22)19-14-8-9-23-17-12(3)6-5-7-13(14)17/h5-7,10-11,14H,8-9H2,1-4H3,(H,19,22)/t14-/m1/s1. The molecule has 0 spiro atoms. The van der Waals surface area contributed by atoms with Crippen molar-refractivity contribution in [1.82, 2.24) is 15.1 Å². The maximum absolute atomic E-state index is 12.6. The summed E-state index contributed by atoms with van der Waals surface area (Å²) in [5.74, 6) is 1.10. The number of fused-ring (bicyclic) bond motifs is 1. The van der Waals surface area contributed by atoms with Crippen molar-refractivity contribution in [2.24, 2.45) is 7.05 Å². The van der Waals surface area contributed by atoms with E-state index in [1.165, 1.54) is 0 Å². The largest absolute Gasteiger partial charge is 0.493 e. The number of aryl methyl sites for hydroxylation is 2. The van der Waals surface area contributed by atoms with Crippen LogP contribution in [0.4, 0.5) is 0 Å². The van der Waals surface area contributed by atoms with Crippen LogP contribution in [0.15, 0.2) is 24.3 Å². The normalized spacial score (nSPS) is 16.8. The third-order valence-electron chi connectivity index (χ3n) is 4.32. The van der Waals surface area contributed by atoms with Crippen LogP contribution in [0.25, 0.3) is 0 Å². The second-order valence-corrected chi connectivity index (χ2v) is 6.39. The number of nitrogens with zero attached hydrogens (tertiary/aromatic N) is 2. The number of amides is 1. The molecule has 5 heteroatoms. The van der Waals surface area contributed by atoms with Gasteiger partial charge in [-0.15, -0.1) is 0 Å². The van der Waals surface area contributed by atoms with E-state index in [-0.39, 0.29) is 11.9 Å². The van der Waals surface area contributed by atoms with Gasteiger partial charge in [0.25, 0.3) is 5.91 Å². The third-order valence-corrected chi connectivity index (χ3v) is 4.32. The van der Waals surface area contributed by atoms with E-state index < -0.39 is 0 Å². The molecule has 2 heterocycles. The van der Waals surface area contributed by atoms with Crippen LogP contribution in [0, 0.1) is 6.92 Å². The molecule has 122 valence electrons. The maximum Gasteiger partial charge on any atom is 0.272 e. The first kappa shape index (κ1) is 15.6. The molecule has 1 aliphatic rings. The molecule has 5 nitrogen and oxygen atoms in total. The van der Waals surface area contributed by atoms with E-state index in [1.807, 2.05) is 38.2 Å². The monoisotopic (exact) mass is 313 g/mol. The van der Waals surface area contributed by atoms with Gasteiger partial charge in [0.15, 0.2) is 0 Å². The van der Waals surface area contributed by atoms with Gasteiger partial charge in [-0.25, -0.2) is 0 Å². The molecule has 0 aliphatic carbocycles. The highest BCUT2D eigenvalue weighted by molar-refractivity contribution is 5.92. The number of benzene rings is 1. The number of hydrogen-bond acceptors (Lipinski definition) is 3. The number of hydrogen-bond donors (Lipinski definition) is 1. The second-order valence-electron chi connectivity index (χ2n) is 6.39. The first-order valence-corrected chi connectivity index (χ1v) is 8.04. The molecule has 0 bridgehead atoms. The first-order valence-electron chi connectivity index (χ1n) is 8.04. The van der Waals surface area contributed by atoms with Crippen molar-refractivity contribution in [3.8, 4) is 5.75 Å². The molecule has 0 fully saturated rings. The Morgan fingerprint density at radius 2 is 2.22 bits per heavy atom. The van der Waals surface area contributed by atoms with Crippen LogP contribution >= 0.6 is 0 Å². The van der Waals surface area contributed by atoms with Gasteiger partial charge < -0.3 is 10.1 Å². The van der Waals surface area contributed by atoms with Crippen LogP contribution in [0.5, 0.6) is 5.75 Å². The van der Waals surface area contributed by atoms with Crippen molar-refractivity contribution < 1.29 is 9.53 Å². The van der Waals surface area contributed by atoms with E-state index >= 15 is 0 Å². The molecule has 1 N–H and O–H groups in total. The Bertz CT molecular complexity index is 734. The van der Waals surface area contributed by atoms with Crippen molar-refractivity contribution in [3.05, 3.63) is 46.8 Å². The van der Waals surface area contributed by atoms with E-state index in [2.05, 4.69) is 24.3 Å².